The average Bonchev–Trinajstić information content (AvgIpc) is 1.37. The number of aliphatic hydroxyl groups excluding tert-OH is 2. The predicted molar refractivity (Wildman–Crippen MR) is 21.3 cm³/mol. The third-order valence-electron chi connectivity index (χ3n) is 0.1000. The second-order valence-corrected chi connectivity index (χ2v) is 0.447. The van der Waals surface area contributed by atoms with Gasteiger partial charge in [0.1, 0.15) is 0 Å². The van der Waals surface area contributed by atoms with Crippen molar-refractivity contribution in [2.75, 3.05) is 13.2 Å². The van der Waals surface area contributed by atoms with Gasteiger partial charge >= 0.3 is 29.6 Å². The summed E-state index contributed by atoms with van der Waals surface area (Å²) in [5.41, 5.74) is 0. The van der Waals surface area contributed by atoms with Crippen LogP contribution in [0.3, 0.4) is 0 Å². The molecule has 0 saturated heterocycles. The van der Waals surface area contributed by atoms with Crippen molar-refractivity contribution in [3.63, 3.8) is 0 Å². The molecule has 34 valence electrons. The number of rotatable bonds is 1. The van der Waals surface area contributed by atoms with Crippen LogP contribution in [-0.4, -0.2) is 53.0 Å². The van der Waals surface area contributed by atoms with Gasteiger partial charge in [0.15, 0.2) is 0 Å². The molecule has 2 N–H and O–H groups in total. The Morgan fingerprint density at radius 2 is 1.17 bits per heavy atom. The van der Waals surface area contributed by atoms with Gasteiger partial charge in [0.2, 0.25) is 0 Å². The first kappa shape index (κ1) is 15.6. The van der Waals surface area contributed by atoms with Gasteiger partial charge in [-0.3, -0.25) is 0 Å². The van der Waals surface area contributed by atoms with E-state index in [2.05, 4.69) is 0 Å². The second-order valence-electron chi connectivity index (χ2n) is 0.447. The van der Waals surface area contributed by atoms with Crippen LogP contribution in [0, 0.1) is 0 Å². The van der Waals surface area contributed by atoms with Crippen LogP contribution in [0.5, 0.6) is 0 Å². The van der Waals surface area contributed by atoms with E-state index in [1.54, 1.807) is 0 Å². The van der Waals surface area contributed by atoms with Gasteiger partial charge in [0.25, 0.3) is 0 Å². The van der Waals surface area contributed by atoms with E-state index in [-0.39, 0.29) is 63.8 Å². The monoisotopic (exact) mass is 184 g/mol. The Kier molecular flexibility index (Phi) is 41.6. The molecule has 0 saturated carbocycles. The van der Waals surface area contributed by atoms with Crippen molar-refractivity contribution in [1.82, 2.24) is 0 Å². The van der Waals surface area contributed by atoms with Gasteiger partial charge in [-0.2, -0.15) is 0 Å². The van der Waals surface area contributed by atoms with E-state index in [1.165, 1.54) is 0 Å². The van der Waals surface area contributed by atoms with Crippen LogP contribution in [0.15, 0.2) is 0 Å². The van der Waals surface area contributed by atoms with Gasteiger partial charge in [-0.05, 0) is 0 Å². The van der Waals surface area contributed by atoms with E-state index in [0.717, 1.165) is 0 Å². The van der Waals surface area contributed by atoms with E-state index in [0.29, 0.717) is 0 Å². The molecule has 0 radical (unpaired) electrons. The molecule has 0 aliphatic rings. The van der Waals surface area contributed by atoms with E-state index >= 15 is 0 Å². The molecule has 0 rings (SSSR count). The van der Waals surface area contributed by atoms with Crippen LogP contribution in [0.1, 0.15) is 0 Å². The summed E-state index contributed by atoms with van der Waals surface area (Å²) in [5.74, 6) is 0. The first-order chi connectivity index (χ1) is 1.91. The molecule has 4 heteroatoms. The molecule has 0 atom stereocenters. The molecular weight excluding hydrogens is 175 g/mol. The summed E-state index contributed by atoms with van der Waals surface area (Å²) in [5, 5.41) is 15.2. The fraction of sp³-hybridized carbons (Fsp3) is 1.00. The minimum absolute atomic E-state index is 0. The summed E-state index contributed by atoms with van der Waals surface area (Å²) in [7, 11) is 0. The third kappa shape index (κ3) is 17.5. The topological polar surface area (TPSA) is 40.5 Å². The summed E-state index contributed by atoms with van der Waals surface area (Å²) >= 11 is 0. The number of aliphatic hydroxyl groups is 2. The zero-order valence-corrected chi connectivity index (χ0v) is 4.72. The molecule has 0 aromatic rings. The Hall–Kier alpha value is 1.61. The van der Waals surface area contributed by atoms with E-state index < -0.39 is 0 Å². The molecule has 6 heavy (non-hydrogen) atoms. The van der Waals surface area contributed by atoms with Crippen LogP contribution in [-0.2, 0) is 21.1 Å². The Morgan fingerprint density at radius 3 is 1.17 bits per heavy atom. The molecule has 0 spiro atoms. The van der Waals surface area contributed by atoms with Crippen LogP contribution in [0.2, 0.25) is 0 Å². The first-order valence-electron chi connectivity index (χ1n) is 1.13. The Balaban J connectivity index is -0.0000000450. The van der Waals surface area contributed by atoms with Gasteiger partial charge in [0, 0.05) is 21.1 Å². The van der Waals surface area contributed by atoms with Gasteiger partial charge in [-0.1, -0.05) is 0 Å². The van der Waals surface area contributed by atoms with Crippen LogP contribution < -0.4 is 0 Å². The summed E-state index contributed by atoms with van der Waals surface area (Å²) in [6, 6.07) is 0. The van der Waals surface area contributed by atoms with Crippen molar-refractivity contribution in [1.29, 1.82) is 0 Å². The minimum atomic E-state index is -0.125. The third-order valence-corrected chi connectivity index (χ3v) is 0.1000. The quantitative estimate of drug-likeness (QED) is 0.475. The van der Waals surface area contributed by atoms with Crippen LogP contribution in [0.25, 0.3) is 0 Å². The SMILES string of the molecule is OCCO.[Mo].[NaH]. The fourth-order valence-corrected chi connectivity index (χ4v) is 0. The Labute approximate surface area is 73.5 Å². The standard InChI is InChI=1S/C2H6O2.Mo.Na.H/c3-1-2-4;;;/h3-4H,1-2H2;;;. The zero-order valence-electron chi connectivity index (χ0n) is 2.72. The van der Waals surface area contributed by atoms with Crippen molar-refractivity contribution >= 4 is 29.6 Å². The van der Waals surface area contributed by atoms with Crippen molar-refractivity contribution in [3.05, 3.63) is 0 Å². The van der Waals surface area contributed by atoms with Crippen molar-refractivity contribution in [2.24, 2.45) is 0 Å². The van der Waals surface area contributed by atoms with Gasteiger partial charge in [0.05, 0.1) is 13.2 Å². The van der Waals surface area contributed by atoms with Gasteiger partial charge in [-0.25, -0.2) is 0 Å². The second kappa shape index (κ2) is 16.0. The molecular formula is C2H7MoNaO2. The molecule has 0 aliphatic heterocycles. The predicted octanol–water partition coefficient (Wildman–Crippen LogP) is -1.68. The van der Waals surface area contributed by atoms with E-state index in [9.17, 15) is 0 Å². The normalized spacial score (nSPS) is 5.00. The molecule has 0 fully saturated rings. The van der Waals surface area contributed by atoms with E-state index in [1.807, 2.05) is 0 Å². The maximum atomic E-state index is 7.62. The zero-order chi connectivity index (χ0) is 3.41. The van der Waals surface area contributed by atoms with E-state index in [4.69, 9.17) is 10.2 Å². The summed E-state index contributed by atoms with van der Waals surface area (Å²) in [6.07, 6.45) is 0. The summed E-state index contributed by atoms with van der Waals surface area (Å²) in [6.45, 7) is -0.250. The summed E-state index contributed by atoms with van der Waals surface area (Å²) in [4.78, 5) is 0. The Bertz CT molecular complexity index is 13.5. The van der Waals surface area contributed by atoms with Crippen LogP contribution in [0.4, 0.5) is 0 Å². The van der Waals surface area contributed by atoms with Crippen molar-refractivity contribution in [3.8, 4) is 0 Å². The summed E-state index contributed by atoms with van der Waals surface area (Å²) < 4.78 is 0. The van der Waals surface area contributed by atoms with Gasteiger partial charge < -0.3 is 10.2 Å². The van der Waals surface area contributed by atoms with Crippen molar-refractivity contribution in [2.45, 2.75) is 0 Å². The molecule has 0 aliphatic carbocycles. The molecule has 0 aromatic heterocycles. The molecule has 0 aromatic carbocycles. The van der Waals surface area contributed by atoms with Crippen LogP contribution >= 0.6 is 0 Å². The average molecular weight is 182 g/mol. The number of hydrogen-bond donors (Lipinski definition) is 2. The molecule has 0 amide bonds. The molecule has 2 nitrogen and oxygen atoms in total. The first-order valence-corrected chi connectivity index (χ1v) is 1.13. The fourth-order valence-electron chi connectivity index (χ4n) is 0. The number of hydrogen-bond acceptors (Lipinski definition) is 2. The maximum absolute atomic E-state index is 7.62. The van der Waals surface area contributed by atoms with Gasteiger partial charge in [-0.15, -0.1) is 0 Å². The van der Waals surface area contributed by atoms with Crippen molar-refractivity contribution < 1.29 is 31.3 Å². The molecule has 0 heterocycles. The molecule has 0 bridgehead atoms. The molecule has 0 unspecified atom stereocenters. The Morgan fingerprint density at radius 1 is 1.00 bits per heavy atom.